The zero-order valence-electron chi connectivity index (χ0n) is 18.4. The molecule has 0 spiro atoms. The van der Waals surface area contributed by atoms with Crippen LogP contribution in [0.1, 0.15) is 44.6 Å². The third-order valence-electron chi connectivity index (χ3n) is 6.15. The summed E-state index contributed by atoms with van der Waals surface area (Å²) in [4.78, 5) is 25.8. The lowest BCUT2D eigenvalue weighted by atomic mass is 9.94. The molecule has 5 nitrogen and oxygen atoms in total. The van der Waals surface area contributed by atoms with Gasteiger partial charge in [0.1, 0.15) is 5.75 Å². The Morgan fingerprint density at radius 1 is 1.06 bits per heavy atom. The van der Waals surface area contributed by atoms with Crippen molar-refractivity contribution in [2.24, 2.45) is 4.99 Å². The lowest BCUT2D eigenvalue weighted by Gasteiger charge is -2.30. The first kappa shape index (κ1) is 21.9. The standard InChI is InChI=1S/C26H25N3O2S2/c1-17(18-12-14-21(30)15-13-18)23-24(31)29(20-10-6-3-7-11-20)26(33-23)28-25-27-22(16-32-25)19-8-4-2-5-9-19/h2,4-5,8-9,12-16,20,30H,3,6-7,10-11H2,1H3/b23-17-,28-26+. The summed E-state index contributed by atoms with van der Waals surface area (Å²) in [5.74, 6) is 0.238. The van der Waals surface area contributed by atoms with Crippen LogP contribution in [-0.2, 0) is 4.79 Å². The summed E-state index contributed by atoms with van der Waals surface area (Å²) >= 11 is 2.93. The Hall–Kier alpha value is -2.90. The number of thioether (sulfide) groups is 1. The van der Waals surface area contributed by atoms with Gasteiger partial charge in [0.05, 0.1) is 10.6 Å². The van der Waals surface area contributed by atoms with Crippen molar-refractivity contribution in [2.45, 2.75) is 45.1 Å². The number of aliphatic imine (C=N–C) groups is 1. The van der Waals surface area contributed by atoms with Gasteiger partial charge in [0.2, 0.25) is 5.13 Å². The predicted octanol–water partition coefficient (Wildman–Crippen LogP) is 6.84. The molecule has 1 N–H and O–H groups in total. The second-order valence-corrected chi connectivity index (χ2v) is 10.2. The smallest absolute Gasteiger partial charge is 0.267 e. The van der Waals surface area contributed by atoms with Crippen LogP contribution in [0.2, 0.25) is 0 Å². The monoisotopic (exact) mass is 475 g/mol. The van der Waals surface area contributed by atoms with Crippen molar-refractivity contribution in [3.8, 4) is 17.0 Å². The zero-order valence-corrected chi connectivity index (χ0v) is 20.0. The van der Waals surface area contributed by atoms with E-state index in [1.165, 1.54) is 29.5 Å². The normalized spacial score (nSPS) is 20.0. The lowest BCUT2D eigenvalue weighted by molar-refractivity contribution is -0.124. The zero-order chi connectivity index (χ0) is 22.8. The Kier molecular flexibility index (Phi) is 6.33. The first-order chi connectivity index (χ1) is 16.1. The van der Waals surface area contributed by atoms with Crippen LogP contribution < -0.4 is 0 Å². The number of benzene rings is 2. The number of allylic oxidation sites excluding steroid dienone is 1. The molecule has 33 heavy (non-hydrogen) atoms. The van der Waals surface area contributed by atoms with E-state index >= 15 is 0 Å². The molecule has 5 rings (SSSR count). The summed E-state index contributed by atoms with van der Waals surface area (Å²) in [6, 6.07) is 17.2. The van der Waals surface area contributed by atoms with Crippen LogP contribution in [0.25, 0.3) is 16.8 Å². The van der Waals surface area contributed by atoms with E-state index in [1.807, 2.05) is 59.7 Å². The van der Waals surface area contributed by atoms with Gasteiger partial charge in [-0.2, -0.15) is 4.99 Å². The number of aromatic nitrogens is 1. The summed E-state index contributed by atoms with van der Waals surface area (Å²) in [6.45, 7) is 1.96. The van der Waals surface area contributed by atoms with E-state index in [2.05, 4.69) is 0 Å². The van der Waals surface area contributed by atoms with Gasteiger partial charge in [-0.25, -0.2) is 4.98 Å². The van der Waals surface area contributed by atoms with Gasteiger partial charge in [-0.3, -0.25) is 9.69 Å². The van der Waals surface area contributed by atoms with Gasteiger partial charge in [0, 0.05) is 17.0 Å². The summed E-state index contributed by atoms with van der Waals surface area (Å²) in [7, 11) is 0. The number of carbonyl (C=O) groups excluding carboxylic acids is 1. The van der Waals surface area contributed by atoms with Gasteiger partial charge in [-0.15, -0.1) is 11.3 Å². The van der Waals surface area contributed by atoms with Crippen molar-refractivity contribution in [2.75, 3.05) is 0 Å². The molecule has 1 aliphatic heterocycles. The van der Waals surface area contributed by atoms with E-state index in [1.54, 1.807) is 12.1 Å². The first-order valence-electron chi connectivity index (χ1n) is 11.2. The maximum Gasteiger partial charge on any atom is 0.267 e. The number of rotatable bonds is 4. The number of hydrogen-bond donors (Lipinski definition) is 1. The Balaban J connectivity index is 1.51. The van der Waals surface area contributed by atoms with Gasteiger partial charge in [0.15, 0.2) is 5.17 Å². The van der Waals surface area contributed by atoms with E-state index in [-0.39, 0.29) is 17.7 Å². The van der Waals surface area contributed by atoms with E-state index in [9.17, 15) is 9.90 Å². The van der Waals surface area contributed by atoms with E-state index in [4.69, 9.17) is 9.98 Å². The Morgan fingerprint density at radius 3 is 2.52 bits per heavy atom. The minimum absolute atomic E-state index is 0.0241. The highest BCUT2D eigenvalue weighted by Crippen LogP contribution is 2.41. The molecule has 1 amide bonds. The number of amides is 1. The average Bonchev–Trinajstić information content (AvgIpc) is 3.45. The van der Waals surface area contributed by atoms with Gasteiger partial charge < -0.3 is 5.11 Å². The van der Waals surface area contributed by atoms with E-state index < -0.39 is 0 Å². The summed E-state index contributed by atoms with van der Waals surface area (Å²) < 4.78 is 0. The molecular formula is C26H25N3O2S2. The number of amidine groups is 1. The molecule has 7 heteroatoms. The molecular weight excluding hydrogens is 450 g/mol. The molecule has 0 unspecified atom stereocenters. The molecule has 1 aliphatic carbocycles. The second kappa shape index (κ2) is 9.53. The number of nitrogens with zero attached hydrogens (tertiary/aromatic N) is 3. The molecule has 1 aromatic heterocycles. The summed E-state index contributed by atoms with van der Waals surface area (Å²) in [5, 5.41) is 13.0. The lowest BCUT2D eigenvalue weighted by Crippen LogP contribution is -2.40. The van der Waals surface area contributed by atoms with Crippen LogP contribution >= 0.6 is 23.1 Å². The molecule has 2 aromatic carbocycles. The van der Waals surface area contributed by atoms with Crippen LogP contribution in [0.5, 0.6) is 5.75 Å². The van der Waals surface area contributed by atoms with Gasteiger partial charge >= 0.3 is 0 Å². The van der Waals surface area contributed by atoms with Gasteiger partial charge in [-0.1, -0.05) is 61.7 Å². The maximum absolute atomic E-state index is 13.6. The highest BCUT2D eigenvalue weighted by molar-refractivity contribution is 8.18. The Bertz CT molecular complexity index is 1210. The first-order valence-corrected chi connectivity index (χ1v) is 12.9. The van der Waals surface area contributed by atoms with Crippen LogP contribution in [0, 0.1) is 0 Å². The Morgan fingerprint density at radius 2 is 1.79 bits per heavy atom. The molecule has 2 fully saturated rings. The minimum atomic E-state index is 0.0241. The third-order valence-corrected chi connectivity index (χ3v) is 8.04. The van der Waals surface area contributed by atoms with Crippen molar-refractivity contribution in [3.05, 3.63) is 70.4 Å². The molecule has 0 bridgehead atoms. The van der Waals surface area contributed by atoms with Crippen LogP contribution in [0.15, 0.2) is 69.9 Å². The van der Waals surface area contributed by atoms with E-state index in [0.29, 0.717) is 15.2 Å². The molecule has 0 atom stereocenters. The van der Waals surface area contributed by atoms with Crippen LogP contribution in [0.4, 0.5) is 5.13 Å². The van der Waals surface area contributed by atoms with E-state index in [0.717, 1.165) is 48.1 Å². The number of thiazole rings is 1. The SMILES string of the molecule is C/C(=C1/S/C(=N/c2nc(-c3ccccc3)cs2)N(C2CCCCC2)C1=O)c1ccc(O)cc1. The molecule has 3 aromatic rings. The third kappa shape index (κ3) is 4.61. The van der Waals surface area contributed by atoms with Gasteiger partial charge in [0.25, 0.3) is 5.91 Å². The number of aromatic hydroxyl groups is 1. The Labute approximate surface area is 201 Å². The second-order valence-electron chi connectivity index (χ2n) is 8.35. The fourth-order valence-corrected chi connectivity index (χ4v) is 6.19. The van der Waals surface area contributed by atoms with Crippen molar-refractivity contribution < 1.29 is 9.90 Å². The largest absolute Gasteiger partial charge is 0.508 e. The fraction of sp³-hybridized carbons (Fsp3) is 0.269. The quantitative estimate of drug-likeness (QED) is 0.419. The number of phenolic OH excluding ortho intramolecular Hbond substituents is 1. The fourth-order valence-electron chi connectivity index (χ4n) is 4.34. The topological polar surface area (TPSA) is 65.8 Å². The van der Waals surface area contributed by atoms with Crippen molar-refractivity contribution in [1.29, 1.82) is 0 Å². The highest BCUT2D eigenvalue weighted by Gasteiger charge is 2.40. The van der Waals surface area contributed by atoms with Crippen molar-refractivity contribution in [1.82, 2.24) is 9.88 Å². The van der Waals surface area contributed by atoms with Gasteiger partial charge in [-0.05, 0) is 54.8 Å². The minimum Gasteiger partial charge on any atom is -0.508 e. The van der Waals surface area contributed by atoms with Crippen LogP contribution in [0.3, 0.4) is 0 Å². The maximum atomic E-state index is 13.6. The summed E-state index contributed by atoms with van der Waals surface area (Å²) in [6.07, 6.45) is 5.50. The highest BCUT2D eigenvalue weighted by atomic mass is 32.2. The molecule has 2 heterocycles. The predicted molar refractivity (Wildman–Crippen MR) is 137 cm³/mol. The molecule has 2 aliphatic rings. The molecule has 0 radical (unpaired) electrons. The number of phenols is 1. The molecule has 1 saturated heterocycles. The van der Waals surface area contributed by atoms with Crippen LogP contribution in [-0.4, -0.2) is 32.1 Å². The summed E-state index contributed by atoms with van der Waals surface area (Å²) in [5.41, 5.74) is 3.78. The molecule has 168 valence electrons. The average molecular weight is 476 g/mol. The van der Waals surface area contributed by atoms with Crippen molar-refractivity contribution in [3.63, 3.8) is 0 Å². The number of hydrogen-bond acceptors (Lipinski definition) is 6. The number of carbonyl (C=O) groups is 1. The molecule has 1 saturated carbocycles. The van der Waals surface area contributed by atoms with Crippen molar-refractivity contribution >= 4 is 44.9 Å².